The summed E-state index contributed by atoms with van der Waals surface area (Å²) in [4.78, 5) is 4.23. The Morgan fingerprint density at radius 2 is 2.05 bits per heavy atom. The van der Waals surface area contributed by atoms with Crippen LogP contribution >= 0.6 is 0 Å². The molecule has 5 heteroatoms. The molecule has 0 spiro atoms. The van der Waals surface area contributed by atoms with Crippen LogP contribution in [0.4, 0.5) is 0 Å². The van der Waals surface area contributed by atoms with E-state index in [0.717, 1.165) is 37.4 Å². The summed E-state index contributed by atoms with van der Waals surface area (Å²) in [7, 11) is 0. The van der Waals surface area contributed by atoms with Crippen LogP contribution in [0.25, 0.3) is 0 Å². The number of benzene rings is 1. The molecule has 1 unspecified atom stereocenters. The van der Waals surface area contributed by atoms with Crippen LogP contribution in [0, 0.1) is 0 Å². The minimum absolute atomic E-state index is 0.242. The lowest BCUT2D eigenvalue weighted by molar-refractivity contribution is 0.286. The lowest BCUT2D eigenvalue weighted by atomic mass is 10.1. The standard InChI is InChI=1S/C16H24N4O/c1-3-10-20-16(18-12-19-20)11-21-15-8-6-14(7-9-15)5-4-13(2)17/h6-9,12-13H,3-5,10-11,17H2,1-2H3. The summed E-state index contributed by atoms with van der Waals surface area (Å²) < 4.78 is 7.66. The number of aromatic nitrogens is 3. The summed E-state index contributed by atoms with van der Waals surface area (Å²) in [6, 6.07) is 8.42. The van der Waals surface area contributed by atoms with Crippen molar-refractivity contribution in [1.82, 2.24) is 14.8 Å². The Morgan fingerprint density at radius 1 is 1.29 bits per heavy atom. The van der Waals surface area contributed by atoms with Crippen LogP contribution in [-0.2, 0) is 19.6 Å². The highest BCUT2D eigenvalue weighted by molar-refractivity contribution is 5.27. The van der Waals surface area contributed by atoms with Crippen molar-refractivity contribution < 1.29 is 4.74 Å². The van der Waals surface area contributed by atoms with Crippen molar-refractivity contribution in [2.75, 3.05) is 0 Å². The fourth-order valence-electron chi connectivity index (χ4n) is 2.09. The zero-order valence-electron chi connectivity index (χ0n) is 12.8. The monoisotopic (exact) mass is 288 g/mol. The normalized spacial score (nSPS) is 12.3. The van der Waals surface area contributed by atoms with Crippen LogP contribution in [0.3, 0.4) is 0 Å². The molecule has 0 aliphatic heterocycles. The third kappa shape index (κ3) is 4.86. The van der Waals surface area contributed by atoms with Crippen molar-refractivity contribution >= 4 is 0 Å². The first-order valence-electron chi connectivity index (χ1n) is 7.53. The summed E-state index contributed by atoms with van der Waals surface area (Å²) in [5, 5.41) is 4.19. The minimum Gasteiger partial charge on any atom is -0.486 e. The van der Waals surface area contributed by atoms with Gasteiger partial charge in [0.1, 0.15) is 18.7 Å². The molecule has 0 amide bonds. The summed E-state index contributed by atoms with van der Waals surface area (Å²) in [5.74, 6) is 1.71. The summed E-state index contributed by atoms with van der Waals surface area (Å²) in [6.45, 7) is 5.46. The zero-order chi connectivity index (χ0) is 15.1. The van der Waals surface area contributed by atoms with Gasteiger partial charge in [-0.2, -0.15) is 5.10 Å². The predicted molar refractivity (Wildman–Crippen MR) is 83.1 cm³/mol. The van der Waals surface area contributed by atoms with Crippen molar-refractivity contribution in [2.45, 2.75) is 52.3 Å². The molecule has 1 aromatic carbocycles. The van der Waals surface area contributed by atoms with E-state index in [1.54, 1.807) is 6.33 Å². The molecule has 0 aliphatic carbocycles. The molecule has 0 aliphatic rings. The van der Waals surface area contributed by atoms with E-state index >= 15 is 0 Å². The van der Waals surface area contributed by atoms with E-state index in [4.69, 9.17) is 10.5 Å². The highest BCUT2D eigenvalue weighted by Gasteiger charge is 2.04. The van der Waals surface area contributed by atoms with Gasteiger partial charge in [0.25, 0.3) is 0 Å². The Morgan fingerprint density at radius 3 is 2.71 bits per heavy atom. The fraction of sp³-hybridized carbons (Fsp3) is 0.500. The van der Waals surface area contributed by atoms with Crippen molar-refractivity contribution in [1.29, 1.82) is 0 Å². The molecule has 0 saturated heterocycles. The smallest absolute Gasteiger partial charge is 0.164 e. The molecule has 2 rings (SSSR count). The summed E-state index contributed by atoms with van der Waals surface area (Å²) in [6.07, 6.45) is 4.61. The molecular formula is C16H24N4O. The van der Waals surface area contributed by atoms with E-state index in [1.165, 1.54) is 5.56 Å². The van der Waals surface area contributed by atoms with Gasteiger partial charge in [-0.25, -0.2) is 9.67 Å². The zero-order valence-corrected chi connectivity index (χ0v) is 12.8. The van der Waals surface area contributed by atoms with Crippen LogP contribution in [0.2, 0.25) is 0 Å². The van der Waals surface area contributed by atoms with E-state index < -0.39 is 0 Å². The molecule has 1 aromatic heterocycles. The molecular weight excluding hydrogens is 264 g/mol. The Bertz CT molecular complexity index is 533. The van der Waals surface area contributed by atoms with Gasteiger partial charge in [-0.05, 0) is 43.9 Å². The van der Waals surface area contributed by atoms with Crippen molar-refractivity contribution in [2.24, 2.45) is 5.73 Å². The van der Waals surface area contributed by atoms with Gasteiger partial charge >= 0.3 is 0 Å². The molecule has 1 heterocycles. The van der Waals surface area contributed by atoms with Crippen molar-refractivity contribution in [3.8, 4) is 5.75 Å². The Labute approximate surface area is 126 Å². The highest BCUT2D eigenvalue weighted by Crippen LogP contribution is 2.15. The molecule has 0 saturated carbocycles. The maximum atomic E-state index is 5.77. The first-order chi connectivity index (χ1) is 10.2. The molecule has 2 N–H and O–H groups in total. The van der Waals surface area contributed by atoms with Gasteiger partial charge in [0.15, 0.2) is 5.82 Å². The van der Waals surface area contributed by atoms with Crippen LogP contribution in [-0.4, -0.2) is 20.8 Å². The molecule has 2 aromatic rings. The van der Waals surface area contributed by atoms with Crippen LogP contribution in [0.1, 0.15) is 38.1 Å². The minimum atomic E-state index is 0.242. The van der Waals surface area contributed by atoms with Gasteiger partial charge in [-0.15, -0.1) is 0 Å². The van der Waals surface area contributed by atoms with Gasteiger partial charge in [0, 0.05) is 12.6 Å². The SMILES string of the molecule is CCCn1ncnc1COc1ccc(CCC(C)N)cc1. The third-order valence-corrected chi connectivity index (χ3v) is 3.31. The van der Waals surface area contributed by atoms with E-state index in [-0.39, 0.29) is 6.04 Å². The predicted octanol–water partition coefficient (Wildman–Crippen LogP) is 2.55. The number of hydrogen-bond acceptors (Lipinski definition) is 4. The average molecular weight is 288 g/mol. The third-order valence-electron chi connectivity index (χ3n) is 3.31. The number of ether oxygens (including phenoxy) is 1. The van der Waals surface area contributed by atoms with Crippen LogP contribution in [0.5, 0.6) is 5.75 Å². The van der Waals surface area contributed by atoms with E-state index in [9.17, 15) is 0 Å². The number of hydrogen-bond donors (Lipinski definition) is 1. The number of aryl methyl sites for hydroxylation is 2. The molecule has 0 fully saturated rings. The number of nitrogens with zero attached hydrogens (tertiary/aromatic N) is 3. The molecule has 0 bridgehead atoms. The molecule has 0 radical (unpaired) electrons. The molecule has 114 valence electrons. The maximum Gasteiger partial charge on any atom is 0.164 e. The van der Waals surface area contributed by atoms with Gasteiger partial charge in [0.2, 0.25) is 0 Å². The second-order valence-electron chi connectivity index (χ2n) is 5.35. The van der Waals surface area contributed by atoms with Crippen molar-refractivity contribution in [3.05, 3.63) is 42.0 Å². The molecule has 21 heavy (non-hydrogen) atoms. The van der Waals surface area contributed by atoms with Crippen molar-refractivity contribution in [3.63, 3.8) is 0 Å². The van der Waals surface area contributed by atoms with E-state index in [2.05, 4.69) is 29.1 Å². The highest BCUT2D eigenvalue weighted by atomic mass is 16.5. The van der Waals surface area contributed by atoms with Gasteiger partial charge in [-0.3, -0.25) is 0 Å². The van der Waals surface area contributed by atoms with Crippen LogP contribution in [0.15, 0.2) is 30.6 Å². The Balaban J connectivity index is 1.87. The lowest BCUT2D eigenvalue weighted by Gasteiger charge is -2.09. The Hall–Kier alpha value is -1.88. The average Bonchev–Trinajstić information content (AvgIpc) is 2.92. The van der Waals surface area contributed by atoms with E-state index in [0.29, 0.717) is 6.61 Å². The second-order valence-corrected chi connectivity index (χ2v) is 5.35. The first-order valence-corrected chi connectivity index (χ1v) is 7.53. The number of rotatable bonds is 8. The summed E-state index contributed by atoms with van der Waals surface area (Å²) >= 11 is 0. The molecule has 1 atom stereocenters. The second kappa shape index (κ2) is 7.78. The van der Waals surface area contributed by atoms with E-state index in [1.807, 2.05) is 23.7 Å². The van der Waals surface area contributed by atoms with Gasteiger partial charge < -0.3 is 10.5 Å². The van der Waals surface area contributed by atoms with Gasteiger partial charge in [0.05, 0.1) is 0 Å². The topological polar surface area (TPSA) is 66.0 Å². The fourth-order valence-corrected chi connectivity index (χ4v) is 2.09. The maximum absolute atomic E-state index is 5.77. The number of nitrogens with two attached hydrogens (primary N) is 1. The largest absolute Gasteiger partial charge is 0.486 e. The first kappa shape index (κ1) is 15.5. The Kier molecular flexibility index (Phi) is 5.75. The summed E-state index contributed by atoms with van der Waals surface area (Å²) in [5.41, 5.74) is 7.06. The molecule has 5 nitrogen and oxygen atoms in total. The van der Waals surface area contributed by atoms with Gasteiger partial charge in [-0.1, -0.05) is 19.1 Å². The quantitative estimate of drug-likeness (QED) is 0.810. The lowest BCUT2D eigenvalue weighted by Crippen LogP contribution is -2.15. The van der Waals surface area contributed by atoms with Crippen LogP contribution < -0.4 is 10.5 Å².